The van der Waals surface area contributed by atoms with Gasteiger partial charge < -0.3 is 10.6 Å². The molecule has 2 amide bonds. The Kier molecular flexibility index (Phi) is 3.88. The van der Waals surface area contributed by atoms with Gasteiger partial charge in [0.2, 0.25) is 0 Å². The van der Waals surface area contributed by atoms with Gasteiger partial charge in [0, 0.05) is 6.04 Å². The summed E-state index contributed by atoms with van der Waals surface area (Å²) >= 11 is 0. The van der Waals surface area contributed by atoms with Gasteiger partial charge in [-0.3, -0.25) is 9.59 Å². The maximum atomic E-state index is 11.5. The van der Waals surface area contributed by atoms with E-state index in [-0.39, 0.29) is 18.0 Å². The van der Waals surface area contributed by atoms with Gasteiger partial charge in [0.25, 0.3) is 0 Å². The first-order chi connectivity index (χ1) is 7.47. The second-order valence-electron chi connectivity index (χ2n) is 4.75. The van der Waals surface area contributed by atoms with Crippen LogP contribution in [-0.2, 0) is 9.59 Å². The molecule has 0 heterocycles. The van der Waals surface area contributed by atoms with Gasteiger partial charge in [0.15, 0.2) is 0 Å². The molecule has 16 heavy (non-hydrogen) atoms. The van der Waals surface area contributed by atoms with Gasteiger partial charge in [-0.2, -0.15) is 5.26 Å². The molecule has 5 nitrogen and oxygen atoms in total. The number of carbonyl (C=O) groups excluding carboxylic acids is 2. The summed E-state index contributed by atoms with van der Waals surface area (Å²) in [6.07, 6.45) is 3.03. The normalized spacial score (nSPS) is 22.2. The molecule has 0 aliphatic heterocycles. The van der Waals surface area contributed by atoms with E-state index >= 15 is 0 Å². The Hall–Kier alpha value is -1.57. The Balaban J connectivity index is 2.46. The van der Waals surface area contributed by atoms with Crippen LogP contribution < -0.4 is 10.6 Å². The van der Waals surface area contributed by atoms with E-state index in [1.54, 1.807) is 6.07 Å². The molecule has 0 aromatic rings. The van der Waals surface area contributed by atoms with Crippen LogP contribution in [0.1, 0.15) is 33.1 Å². The molecule has 1 saturated carbocycles. The monoisotopic (exact) mass is 223 g/mol. The maximum Gasteiger partial charge on any atom is 0.310 e. The topological polar surface area (TPSA) is 82.0 Å². The van der Waals surface area contributed by atoms with E-state index in [2.05, 4.69) is 24.5 Å². The average Bonchev–Trinajstić information content (AvgIpc) is 2.54. The van der Waals surface area contributed by atoms with Crippen LogP contribution >= 0.6 is 0 Å². The standard InChI is InChI=1S/C11H17N3O2/c1-11(2)5-3-4-8(11)14-10(16)9(15)13-7-6-12/h8H,3-5,7H2,1-2H3,(H,13,15)(H,14,16). The Bertz CT molecular complexity index is 331. The van der Waals surface area contributed by atoms with Gasteiger partial charge in [-0.05, 0) is 18.3 Å². The molecule has 0 bridgehead atoms. The van der Waals surface area contributed by atoms with Gasteiger partial charge in [0.1, 0.15) is 6.54 Å². The first-order valence-electron chi connectivity index (χ1n) is 5.43. The van der Waals surface area contributed by atoms with Gasteiger partial charge in [-0.15, -0.1) is 0 Å². The molecule has 1 aliphatic carbocycles. The number of nitrogens with zero attached hydrogens (tertiary/aromatic N) is 1. The molecule has 2 N–H and O–H groups in total. The molecule has 0 aromatic carbocycles. The van der Waals surface area contributed by atoms with E-state index in [1.165, 1.54) is 0 Å². The van der Waals surface area contributed by atoms with Crippen LogP contribution in [0.15, 0.2) is 0 Å². The summed E-state index contributed by atoms with van der Waals surface area (Å²) in [5, 5.41) is 13.2. The highest BCUT2D eigenvalue weighted by molar-refractivity contribution is 6.35. The van der Waals surface area contributed by atoms with Crippen LogP contribution in [0.3, 0.4) is 0 Å². The fourth-order valence-electron chi connectivity index (χ4n) is 2.02. The van der Waals surface area contributed by atoms with Crippen LogP contribution in [0, 0.1) is 16.7 Å². The molecule has 5 heteroatoms. The number of hydrogen-bond acceptors (Lipinski definition) is 3. The zero-order chi connectivity index (χ0) is 12.2. The fraction of sp³-hybridized carbons (Fsp3) is 0.727. The third-order valence-electron chi connectivity index (χ3n) is 3.10. The first-order valence-corrected chi connectivity index (χ1v) is 5.43. The van der Waals surface area contributed by atoms with E-state index in [4.69, 9.17) is 5.26 Å². The fourth-order valence-corrected chi connectivity index (χ4v) is 2.02. The summed E-state index contributed by atoms with van der Waals surface area (Å²) in [4.78, 5) is 22.7. The van der Waals surface area contributed by atoms with Crippen molar-refractivity contribution in [2.24, 2.45) is 5.41 Å². The Labute approximate surface area is 95.2 Å². The quantitative estimate of drug-likeness (QED) is 0.522. The largest absolute Gasteiger partial charge is 0.345 e. The molecule has 1 aliphatic rings. The number of amides is 2. The van der Waals surface area contributed by atoms with Crippen molar-refractivity contribution in [1.82, 2.24) is 10.6 Å². The van der Waals surface area contributed by atoms with E-state index < -0.39 is 11.8 Å². The summed E-state index contributed by atoms with van der Waals surface area (Å²) in [6, 6.07) is 1.80. The van der Waals surface area contributed by atoms with Crippen molar-refractivity contribution in [1.29, 1.82) is 5.26 Å². The summed E-state index contributed by atoms with van der Waals surface area (Å²) in [6.45, 7) is 4.02. The van der Waals surface area contributed by atoms with E-state index in [9.17, 15) is 9.59 Å². The summed E-state index contributed by atoms with van der Waals surface area (Å²) < 4.78 is 0. The molecular formula is C11H17N3O2. The van der Waals surface area contributed by atoms with E-state index in [1.807, 2.05) is 0 Å². The minimum atomic E-state index is -0.732. The lowest BCUT2D eigenvalue weighted by atomic mass is 9.87. The average molecular weight is 223 g/mol. The minimum Gasteiger partial charge on any atom is -0.345 e. The van der Waals surface area contributed by atoms with Crippen molar-refractivity contribution in [3.8, 4) is 6.07 Å². The second-order valence-corrected chi connectivity index (χ2v) is 4.75. The molecule has 1 unspecified atom stereocenters. The Morgan fingerprint density at radius 2 is 2.12 bits per heavy atom. The third-order valence-corrected chi connectivity index (χ3v) is 3.10. The maximum absolute atomic E-state index is 11.5. The minimum absolute atomic E-state index is 0.0468. The molecule has 0 saturated heterocycles. The number of rotatable bonds is 2. The molecule has 88 valence electrons. The Morgan fingerprint density at radius 3 is 2.62 bits per heavy atom. The van der Waals surface area contributed by atoms with Gasteiger partial charge in [-0.1, -0.05) is 20.3 Å². The molecule has 0 spiro atoms. The van der Waals surface area contributed by atoms with Crippen LogP contribution in [0.25, 0.3) is 0 Å². The second kappa shape index (κ2) is 4.97. The lowest BCUT2D eigenvalue weighted by Crippen LogP contribution is -2.48. The van der Waals surface area contributed by atoms with E-state index in [0.717, 1.165) is 19.3 Å². The smallest absolute Gasteiger partial charge is 0.310 e. The van der Waals surface area contributed by atoms with Crippen LogP contribution in [0.4, 0.5) is 0 Å². The number of nitriles is 1. The highest BCUT2D eigenvalue weighted by atomic mass is 16.2. The van der Waals surface area contributed by atoms with Crippen molar-refractivity contribution in [2.75, 3.05) is 6.54 Å². The highest BCUT2D eigenvalue weighted by Crippen LogP contribution is 2.36. The number of nitrogens with one attached hydrogen (secondary N) is 2. The molecular weight excluding hydrogens is 206 g/mol. The zero-order valence-corrected chi connectivity index (χ0v) is 9.67. The molecule has 1 fully saturated rings. The van der Waals surface area contributed by atoms with Crippen LogP contribution in [-0.4, -0.2) is 24.4 Å². The summed E-state index contributed by atoms with van der Waals surface area (Å²) in [5.74, 6) is -1.38. The van der Waals surface area contributed by atoms with Crippen molar-refractivity contribution in [3.05, 3.63) is 0 Å². The van der Waals surface area contributed by atoms with Gasteiger partial charge >= 0.3 is 11.8 Å². The van der Waals surface area contributed by atoms with Gasteiger partial charge in [-0.25, -0.2) is 0 Å². The predicted molar refractivity (Wildman–Crippen MR) is 58.2 cm³/mol. The molecule has 1 atom stereocenters. The lowest BCUT2D eigenvalue weighted by Gasteiger charge is -2.27. The number of hydrogen-bond donors (Lipinski definition) is 2. The Morgan fingerprint density at radius 1 is 1.44 bits per heavy atom. The van der Waals surface area contributed by atoms with Crippen LogP contribution in [0.2, 0.25) is 0 Å². The van der Waals surface area contributed by atoms with Crippen molar-refractivity contribution >= 4 is 11.8 Å². The summed E-state index contributed by atoms with van der Waals surface area (Å²) in [5.41, 5.74) is 0.0468. The molecule has 1 rings (SSSR count). The predicted octanol–water partition coefficient (Wildman–Crippen LogP) is 0.321. The lowest BCUT2D eigenvalue weighted by molar-refractivity contribution is -0.139. The van der Waals surface area contributed by atoms with Crippen LogP contribution in [0.5, 0.6) is 0 Å². The highest BCUT2D eigenvalue weighted by Gasteiger charge is 2.36. The van der Waals surface area contributed by atoms with Crippen molar-refractivity contribution < 1.29 is 9.59 Å². The number of carbonyl (C=O) groups is 2. The SMILES string of the molecule is CC1(C)CCCC1NC(=O)C(=O)NCC#N. The first kappa shape index (κ1) is 12.5. The van der Waals surface area contributed by atoms with Crippen molar-refractivity contribution in [2.45, 2.75) is 39.2 Å². The third kappa shape index (κ3) is 2.96. The molecule has 0 radical (unpaired) electrons. The van der Waals surface area contributed by atoms with E-state index in [0.29, 0.717) is 0 Å². The van der Waals surface area contributed by atoms with Gasteiger partial charge in [0.05, 0.1) is 6.07 Å². The van der Waals surface area contributed by atoms with Crippen molar-refractivity contribution in [3.63, 3.8) is 0 Å². The summed E-state index contributed by atoms with van der Waals surface area (Å²) in [7, 11) is 0. The zero-order valence-electron chi connectivity index (χ0n) is 9.67. The molecule has 0 aromatic heterocycles.